The normalized spacial score (nSPS) is 9.56. The standard InChI is InChI=1S/C13H20N2O/c1-5-9-14(10-6-2)13(16)15(11-7-3)12-8-4/h5-8H,1-4,9-12H2/p+1. The SMILES string of the molecule is C=CCN(CC=C)C(=O)[NH+](CC=C)CC=C. The highest BCUT2D eigenvalue weighted by atomic mass is 16.2. The lowest BCUT2D eigenvalue weighted by atomic mass is 10.4. The molecule has 0 saturated heterocycles. The highest BCUT2D eigenvalue weighted by Crippen LogP contribution is 1.88. The molecule has 0 aromatic rings. The third-order valence-corrected chi connectivity index (χ3v) is 2.07. The van der Waals surface area contributed by atoms with Crippen molar-refractivity contribution in [1.29, 1.82) is 0 Å². The summed E-state index contributed by atoms with van der Waals surface area (Å²) in [7, 11) is 0. The maximum atomic E-state index is 12.1. The van der Waals surface area contributed by atoms with Gasteiger partial charge in [0.25, 0.3) is 0 Å². The minimum atomic E-state index is 0.0274. The van der Waals surface area contributed by atoms with Crippen molar-refractivity contribution < 1.29 is 9.69 Å². The molecule has 0 radical (unpaired) electrons. The van der Waals surface area contributed by atoms with Crippen LogP contribution in [0, 0.1) is 0 Å². The Labute approximate surface area is 98.0 Å². The Balaban J connectivity index is 4.61. The molecular formula is C13H21N2O+. The van der Waals surface area contributed by atoms with Crippen molar-refractivity contribution in [2.45, 2.75) is 0 Å². The van der Waals surface area contributed by atoms with Gasteiger partial charge in [-0.15, -0.1) is 13.2 Å². The first-order chi connectivity index (χ1) is 7.71. The summed E-state index contributed by atoms with van der Waals surface area (Å²) in [5, 5.41) is 0. The summed E-state index contributed by atoms with van der Waals surface area (Å²) in [6.07, 6.45) is 6.88. The molecular weight excluding hydrogens is 200 g/mol. The first-order valence-electron chi connectivity index (χ1n) is 5.28. The smallest absolute Gasteiger partial charge is 0.285 e. The van der Waals surface area contributed by atoms with Crippen molar-refractivity contribution in [3.8, 4) is 0 Å². The van der Waals surface area contributed by atoms with Crippen molar-refractivity contribution in [3.63, 3.8) is 0 Å². The van der Waals surface area contributed by atoms with Gasteiger partial charge in [-0.05, 0) is 12.2 Å². The van der Waals surface area contributed by atoms with Gasteiger partial charge in [-0.2, -0.15) is 0 Å². The van der Waals surface area contributed by atoms with Crippen LogP contribution in [0.15, 0.2) is 50.6 Å². The van der Waals surface area contributed by atoms with Gasteiger partial charge in [0, 0.05) is 13.1 Å². The number of hydrogen-bond donors (Lipinski definition) is 1. The zero-order valence-corrected chi connectivity index (χ0v) is 9.82. The zero-order valence-electron chi connectivity index (χ0n) is 9.82. The van der Waals surface area contributed by atoms with Gasteiger partial charge in [-0.1, -0.05) is 25.3 Å². The Morgan fingerprint density at radius 1 is 0.938 bits per heavy atom. The second kappa shape index (κ2) is 8.68. The fourth-order valence-corrected chi connectivity index (χ4v) is 1.38. The first-order valence-corrected chi connectivity index (χ1v) is 5.28. The summed E-state index contributed by atoms with van der Waals surface area (Å²) in [6, 6.07) is 0.0274. The molecule has 0 atom stereocenters. The van der Waals surface area contributed by atoms with Crippen LogP contribution in [-0.2, 0) is 0 Å². The Kier molecular flexibility index (Phi) is 7.81. The summed E-state index contributed by atoms with van der Waals surface area (Å²) in [5.41, 5.74) is 0. The summed E-state index contributed by atoms with van der Waals surface area (Å²) in [5.74, 6) is 0. The molecule has 3 nitrogen and oxygen atoms in total. The number of urea groups is 1. The molecule has 88 valence electrons. The van der Waals surface area contributed by atoms with E-state index in [0.29, 0.717) is 26.2 Å². The number of nitrogens with zero attached hydrogens (tertiary/aromatic N) is 1. The lowest BCUT2D eigenvalue weighted by Crippen LogP contribution is -3.15. The Morgan fingerprint density at radius 2 is 1.38 bits per heavy atom. The fourth-order valence-electron chi connectivity index (χ4n) is 1.38. The predicted octanol–water partition coefficient (Wildman–Crippen LogP) is 1.04. The number of hydrogen-bond acceptors (Lipinski definition) is 1. The van der Waals surface area contributed by atoms with Crippen LogP contribution in [0.25, 0.3) is 0 Å². The number of amides is 2. The molecule has 0 aliphatic rings. The number of nitrogens with one attached hydrogen (secondary N) is 1. The van der Waals surface area contributed by atoms with E-state index in [1.54, 1.807) is 29.2 Å². The van der Waals surface area contributed by atoms with E-state index >= 15 is 0 Å². The largest absolute Gasteiger partial charge is 0.418 e. The van der Waals surface area contributed by atoms with Gasteiger partial charge in [0.15, 0.2) is 0 Å². The van der Waals surface area contributed by atoms with Gasteiger partial charge in [0.05, 0.1) is 0 Å². The van der Waals surface area contributed by atoms with Crippen molar-refractivity contribution >= 4 is 6.03 Å². The molecule has 0 heterocycles. The van der Waals surface area contributed by atoms with Crippen molar-refractivity contribution in [2.24, 2.45) is 0 Å². The van der Waals surface area contributed by atoms with Crippen LogP contribution in [-0.4, -0.2) is 37.1 Å². The quantitative estimate of drug-likeness (QED) is 0.609. The van der Waals surface area contributed by atoms with Gasteiger partial charge in [0.2, 0.25) is 0 Å². The monoisotopic (exact) mass is 221 g/mol. The molecule has 16 heavy (non-hydrogen) atoms. The highest BCUT2D eigenvalue weighted by Gasteiger charge is 2.22. The van der Waals surface area contributed by atoms with E-state index in [1.807, 2.05) is 0 Å². The second-order valence-electron chi connectivity index (χ2n) is 3.38. The third kappa shape index (κ3) is 4.75. The summed E-state index contributed by atoms with van der Waals surface area (Å²) in [6.45, 7) is 16.8. The van der Waals surface area contributed by atoms with E-state index in [2.05, 4.69) is 26.3 Å². The van der Waals surface area contributed by atoms with E-state index in [-0.39, 0.29) is 6.03 Å². The molecule has 0 aromatic heterocycles. The Bertz CT molecular complexity index is 225. The highest BCUT2D eigenvalue weighted by molar-refractivity contribution is 5.65. The lowest BCUT2D eigenvalue weighted by molar-refractivity contribution is -0.805. The van der Waals surface area contributed by atoms with Crippen molar-refractivity contribution in [2.75, 3.05) is 26.2 Å². The molecule has 3 heteroatoms. The van der Waals surface area contributed by atoms with Gasteiger partial charge in [-0.25, -0.2) is 9.69 Å². The number of rotatable bonds is 8. The summed E-state index contributed by atoms with van der Waals surface area (Å²) < 4.78 is 0. The summed E-state index contributed by atoms with van der Waals surface area (Å²) >= 11 is 0. The zero-order chi connectivity index (χ0) is 12.4. The molecule has 0 rings (SSSR count). The average molecular weight is 221 g/mol. The molecule has 0 aromatic carbocycles. The number of carbonyl (C=O) groups excluding carboxylic acids is 1. The van der Waals surface area contributed by atoms with Crippen LogP contribution in [0.4, 0.5) is 4.79 Å². The van der Waals surface area contributed by atoms with Crippen LogP contribution < -0.4 is 4.90 Å². The molecule has 1 N–H and O–H groups in total. The molecule has 0 aliphatic heterocycles. The van der Waals surface area contributed by atoms with E-state index in [1.165, 1.54) is 0 Å². The minimum absolute atomic E-state index is 0.0274. The van der Waals surface area contributed by atoms with Crippen LogP contribution in [0.5, 0.6) is 0 Å². The molecule has 0 unspecified atom stereocenters. The van der Waals surface area contributed by atoms with Gasteiger partial charge < -0.3 is 0 Å². The Morgan fingerprint density at radius 3 is 1.69 bits per heavy atom. The first kappa shape index (κ1) is 14.4. The van der Waals surface area contributed by atoms with Crippen molar-refractivity contribution in [1.82, 2.24) is 4.90 Å². The predicted molar refractivity (Wildman–Crippen MR) is 68.5 cm³/mol. The van der Waals surface area contributed by atoms with Crippen LogP contribution in [0.1, 0.15) is 0 Å². The van der Waals surface area contributed by atoms with E-state index in [9.17, 15) is 4.79 Å². The molecule has 0 fully saturated rings. The fraction of sp³-hybridized carbons (Fsp3) is 0.308. The van der Waals surface area contributed by atoms with Crippen LogP contribution in [0.2, 0.25) is 0 Å². The number of quaternary nitrogens is 1. The topological polar surface area (TPSA) is 24.8 Å². The van der Waals surface area contributed by atoms with E-state index < -0.39 is 0 Å². The Hall–Kier alpha value is -1.61. The van der Waals surface area contributed by atoms with E-state index in [4.69, 9.17) is 0 Å². The third-order valence-electron chi connectivity index (χ3n) is 2.07. The van der Waals surface area contributed by atoms with Gasteiger partial charge in [0.1, 0.15) is 13.1 Å². The molecule has 0 saturated carbocycles. The van der Waals surface area contributed by atoms with Gasteiger partial charge >= 0.3 is 6.03 Å². The molecule has 0 aliphatic carbocycles. The minimum Gasteiger partial charge on any atom is -0.285 e. The maximum absolute atomic E-state index is 12.1. The molecule has 0 spiro atoms. The number of carbonyl (C=O) groups is 1. The summed E-state index contributed by atoms with van der Waals surface area (Å²) in [4.78, 5) is 14.6. The second-order valence-corrected chi connectivity index (χ2v) is 3.38. The van der Waals surface area contributed by atoms with Gasteiger partial charge in [-0.3, -0.25) is 4.90 Å². The van der Waals surface area contributed by atoms with Crippen LogP contribution >= 0.6 is 0 Å². The maximum Gasteiger partial charge on any atom is 0.418 e. The van der Waals surface area contributed by atoms with Crippen molar-refractivity contribution in [3.05, 3.63) is 50.6 Å². The molecule has 0 bridgehead atoms. The average Bonchev–Trinajstić information content (AvgIpc) is 2.27. The molecule has 2 amide bonds. The van der Waals surface area contributed by atoms with Crippen LogP contribution in [0.3, 0.4) is 0 Å². The van der Waals surface area contributed by atoms with E-state index in [0.717, 1.165) is 4.90 Å². The lowest BCUT2D eigenvalue weighted by Gasteiger charge is -2.22.